The Hall–Kier alpha value is -1.68. The maximum atomic E-state index is 14.2. The zero-order valence-corrected chi connectivity index (χ0v) is 11.7. The van der Waals surface area contributed by atoms with Crippen molar-refractivity contribution in [2.75, 3.05) is 6.54 Å². The van der Waals surface area contributed by atoms with Gasteiger partial charge >= 0.3 is 0 Å². The maximum absolute atomic E-state index is 14.2. The quantitative estimate of drug-likeness (QED) is 0.838. The Labute approximate surface area is 113 Å². The van der Waals surface area contributed by atoms with Gasteiger partial charge in [-0.15, -0.1) is 0 Å². The van der Waals surface area contributed by atoms with Crippen LogP contribution in [0.2, 0.25) is 0 Å². The topological polar surface area (TPSA) is 29.9 Å². The Balaban J connectivity index is 2.22. The lowest BCUT2D eigenvalue weighted by molar-refractivity contribution is 0.609. The van der Waals surface area contributed by atoms with Gasteiger partial charge in [0.1, 0.15) is 5.82 Å². The average Bonchev–Trinajstić information content (AvgIpc) is 2.71. The molecule has 3 nitrogen and oxygen atoms in total. The second-order valence-corrected chi connectivity index (χ2v) is 4.75. The molecule has 1 heterocycles. The molecule has 1 aromatic heterocycles. The van der Waals surface area contributed by atoms with E-state index in [1.165, 1.54) is 0 Å². The Morgan fingerprint density at radius 1 is 1.32 bits per heavy atom. The van der Waals surface area contributed by atoms with E-state index in [9.17, 15) is 4.39 Å². The standard InChI is InChI=1S/C15H20FN3/c1-4-7-17-9-13-5-6-15(14(16)8-13)19-10-18-11(2)12(19)3/h5-6,8,10,17H,4,7,9H2,1-3H3. The number of hydrogen-bond acceptors (Lipinski definition) is 2. The van der Waals surface area contributed by atoms with Crippen LogP contribution in [-0.4, -0.2) is 16.1 Å². The van der Waals surface area contributed by atoms with E-state index in [1.807, 2.05) is 26.0 Å². The molecule has 0 saturated heterocycles. The van der Waals surface area contributed by atoms with Gasteiger partial charge in [0.05, 0.1) is 17.7 Å². The molecule has 0 unspecified atom stereocenters. The van der Waals surface area contributed by atoms with E-state index in [0.717, 1.165) is 29.9 Å². The number of aromatic nitrogens is 2. The summed E-state index contributed by atoms with van der Waals surface area (Å²) < 4.78 is 15.9. The van der Waals surface area contributed by atoms with Crippen LogP contribution in [0.3, 0.4) is 0 Å². The van der Waals surface area contributed by atoms with Gasteiger partial charge in [0.2, 0.25) is 0 Å². The van der Waals surface area contributed by atoms with E-state index >= 15 is 0 Å². The second-order valence-electron chi connectivity index (χ2n) is 4.75. The molecule has 0 aliphatic carbocycles. The molecule has 0 fully saturated rings. The fraction of sp³-hybridized carbons (Fsp3) is 0.400. The lowest BCUT2D eigenvalue weighted by atomic mass is 10.2. The van der Waals surface area contributed by atoms with Crippen molar-refractivity contribution in [3.8, 4) is 5.69 Å². The molecule has 0 amide bonds. The number of aryl methyl sites for hydroxylation is 1. The monoisotopic (exact) mass is 261 g/mol. The van der Waals surface area contributed by atoms with E-state index in [-0.39, 0.29) is 5.82 Å². The van der Waals surface area contributed by atoms with Gasteiger partial charge < -0.3 is 9.88 Å². The van der Waals surface area contributed by atoms with Crippen LogP contribution in [0, 0.1) is 19.7 Å². The first-order valence-corrected chi connectivity index (χ1v) is 6.63. The minimum atomic E-state index is -0.212. The summed E-state index contributed by atoms with van der Waals surface area (Å²) in [6.45, 7) is 7.63. The highest BCUT2D eigenvalue weighted by Crippen LogP contribution is 2.18. The molecule has 19 heavy (non-hydrogen) atoms. The number of nitrogens with zero attached hydrogens (tertiary/aromatic N) is 2. The normalized spacial score (nSPS) is 10.9. The molecule has 102 valence electrons. The van der Waals surface area contributed by atoms with Crippen LogP contribution in [0.5, 0.6) is 0 Å². The van der Waals surface area contributed by atoms with Gasteiger partial charge in [0.15, 0.2) is 0 Å². The van der Waals surface area contributed by atoms with Crippen molar-refractivity contribution in [1.29, 1.82) is 0 Å². The minimum Gasteiger partial charge on any atom is -0.313 e. The van der Waals surface area contributed by atoms with Crippen molar-refractivity contribution in [2.45, 2.75) is 33.7 Å². The summed E-state index contributed by atoms with van der Waals surface area (Å²) in [5.74, 6) is -0.212. The van der Waals surface area contributed by atoms with Crippen molar-refractivity contribution in [1.82, 2.24) is 14.9 Å². The molecular formula is C15H20FN3. The molecular weight excluding hydrogens is 241 g/mol. The Morgan fingerprint density at radius 3 is 2.68 bits per heavy atom. The van der Waals surface area contributed by atoms with Crippen molar-refractivity contribution in [3.63, 3.8) is 0 Å². The molecule has 2 rings (SSSR count). The lowest BCUT2D eigenvalue weighted by Crippen LogP contribution is -2.14. The highest BCUT2D eigenvalue weighted by Gasteiger charge is 2.09. The smallest absolute Gasteiger partial charge is 0.147 e. The third kappa shape index (κ3) is 3.01. The molecule has 0 atom stereocenters. The number of imidazole rings is 1. The number of rotatable bonds is 5. The summed E-state index contributed by atoms with van der Waals surface area (Å²) in [7, 11) is 0. The predicted molar refractivity (Wildman–Crippen MR) is 75.0 cm³/mol. The Morgan fingerprint density at radius 2 is 2.11 bits per heavy atom. The van der Waals surface area contributed by atoms with Gasteiger partial charge in [-0.05, 0) is 44.5 Å². The zero-order valence-electron chi connectivity index (χ0n) is 11.7. The molecule has 0 aliphatic rings. The summed E-state index contributed by atoms with van der Waals surface area (Å²) in [5, 5.41) is 3.27. The molecule has 1 N–H and O–H groups in total. The largest absolute Gasteiger partial charge is 0.313 e. The molecule has 1 aromatic carbocycles. The van der Waals surface area contributed by atoms with Crippen LogP contribution >= 0.6 is 0 Å². The van der Waals surface area contributed by atoms with Crippen LogP contribution in [0.4, 0.5) is 4.39 Å². The van der Waals surface area contributed by atoms with E-state index < -0.39 is 0 Å². The molecule has 0 saturated carbocycles. The molecule has 0 bridgehead atoms. The van der Waals surface area contributed by atoms with Crippen molar-refractivity contribution in [3.05, 3.63) is 47.3 Å². The molecule has 0 radical (unpaired) electrons. The predicted octanol–water partition coefficient (Wildman–Crippen LogP) is 3.13. The maximum Gasteiger partial charge on any atom is 0.147 e. The van der Waals surface area contributed by atoms with Crippen LogP contribution in [0.15, 0.2) is 24.5 Å². The van der Waals surface area contributed by atoms with Gasteiger partial charge in [0.25, 0.3) is 0 Å². The number of benzene rings is 1. The fourth-order valence-electron chi connectivity index (χ4n) is 2.01. The number of halogens is 1. The van der Waals surface area contributed by atoms with Gasteiger partial charge in [0, 0.05) is 12.2 Å². The zero-order chi connectivity index (χ0) is 13.8. The van der Waals surface area contributed by atoms with Crippen molar-refractivity contribution in [2.24, 2.45) is 0 Å². The summed E-state index contributed by atoms with van der Waals surface area (Å²) in [6.07, 6.45) is 2.74. The second kappa shape index (κ2) is 5.97. The SMILES string of the molecule is CCCNCc1ccc(-n2cnc(C)c2C)c(F)c1. The van der Waals surface area contributed by atoms with Gasteiger partial charge in [-0.25, -0.2) is 9.37 Å². The Kier molecular flexibility index (Phi) is 4.32. The van der Waals surface area contributed by atoms with Gasteiger partial charge in [-0.2, -0.15) is 0 Å². The van der Waals surface area contributed by atoms with Crippen LogP contribution < -0.4 is 5.32 Å². The highest BCUT2D eigenvalue weighted by molar-refractivity contribution is 5.38. The first-order chi connectivity index (χ1) is 9.13. The van der Waals surface area contributed by atoms with Crippen LogP contribution in [0.25, 0.3) is 5.69 Å². The summed E-state index contributed by atoms with van der Waals surface area (Å²) in [5.41, 5.74) is 3.41. The van der Waals surface area contributed by atoms with Crippen LogP contribution in [-0.2, 0) is 6.54 Å². The first kappa shape index (κ1) is 13.7. The van der Waals surface area contributed by atoms with Gasteiger partial charge in [-0.3, -0.25) is 0 Å². The lowest BCUT2D eigenvalue weighted by Gasteiger charge is -2.09. The van der Waals surface area contributed by atoms with Crippen molar-refractivity contribution >= 4 is 0 Å². The third-order valence-electron chi connectivity index (χ3n) is 3.28. The van der Waals surface area contributed by atoms with E-state index in [4.69, 9.17) is 0 Å². The number of hydrogen-bond donors (Lipinski definition) is 1. The minimum absolute atomic E-state index is 0.212. The molecule has 2 aromatic rings. The first-order valence-electron chi connectivity index (χ1n) is 6.63. The Bertz CT molecular complexity index is 561. The van der Waals surface area contributed by atoms with Crippen molar-refractivity contribution < 1.29 is 4.39 Å². The molecule has 0 spiro atoms. The van der Waals surface area contributed by atoms with E-state index in [2.05, 4.69) is 17.2 Å². The highest BCUT2D eigenvalue weighted by atomic mass is 19.1. The molecule has 4 heteroatoms. The summed E-state index contributed by atoms with van der Waals surface area (Å²) in [4.78, 5) is 4.20. The van der Waals surface area contributed by atoms with E-state index in [1.54, 1.807) is 17.0 Å². The van der Waals surface area contributed by atoms with Crippen LogP contribution in [0.1, 0.15) is 30.3 Å². The number of nitrogens with one attached hydrogen (secondary N) is 1. The fourth-order valence-corrected chi connectivity index (χ4v) is 2.01. The molecule has 0 aliphatic heterocycles. The van der Waals surface area contributed by atoms with E-state index in [0.29, 0.717) is 12.2 Å². The third-order valence-corrected chi connectivity index (χ3v) is 3.28. The average molecular weight is 261 g/mol. The van der Waals surface area contributed by atoms with Gasteiger partial charge in [-0.1, -0.05) is 13.0 Å². The summed E-state index contributed by atoms with van der Waals surface area (Å²) >= 11 is 0. The summed E-state index contributed by atoms with van der Waals surface area (Å²) in [6, 6.07) is 5.36.